The Bertz CT molecular complexity index is 1350. The number of sulfonamides is 1. The number of carbonyl (C=O) groups is 2. The van der Waals surface area contributed by atoms with E-state index >= 15 is 0 Å². The van der Waals surface area contributed by atoms with Crippen molar-refractivity contribution in [1.29, 1.82) is 0 Å². The van der Waals surface area contributed by atoms with Crippen LogP contribution in [0.15, 0.2) is 47.4 Å². The molecule has 1 aliphatic rings. The first-order chi connectivity index (χ1) is 16.6. The summed E-state index contributed by atoms with van der Waals surface area (Å²) in [4.78, 5) is 29.7. The number of imidazole rings is 1. The van der Waals surface area contributed by atoms with E-state index in [1.54, 1.807) is 12.1 Å². The minimum Gasteiger partial charge on any atom is -0.329 e. The Morgan fingerprint density at radius 3 is 2.14 bits per heavy atom. The van der Waals surface area contributed by atoms with E-state index < -0.39 is 21.8 Å². The number of fused-ring (bicyclic) bond motifs is 1. The molecular formula is C25H31N5O4S. The van der Waals surface area contributed by atoms with Crippen LogP contribution < -0.4 is 10.9 Å². The second-order valence-electron chi connectivity index (χ2n) is 9.31. The van der Waals surface area contributed by atoms with Crippen LogP contribution in [0.3, 0.4) is 0 Å². The van der Waals surface area contributed by atoms with E-state index in [4.69, 9.17) is 0 Å². The largest absolute Gasteiger partial charge is 0.329 e. The molecule has 2 aromatic carbocycles. The third kappa shape index (κ3) is 5.08. The number of benzene rings is 2. The van der Waals surface area contributed by atoms with Crippen molar-refractivity contribution >= 4 is 32.9 Å². The molecule has 35 heavy (non-hydrogen) atoms. The zero-order chi connectivity index (χ0) is 25.3. The highest BCUT2D eigenvalue weighted by molar-refractivity contribution is 7.89. The number of carbonyl (C=O) groups excluding carboxylic acids is 2. The number of aryl methyl sites for hydroxylation is 2. The van der Waals surface area contributed by atoms with Crippen LogP contribution in [-0.4, -0.2) is 47.2 Å². The zero-order valence-corrected chi connectivity index (χ0v) is 21.2. The normalized spacial score (nSPS) is 19.0. The molecule has 2 unspecified atom stereocenters. The van der Waals surface area contributed by atoms with Gasteiger partial charge in [0.15, 0.2) is 0 Å². The lowest BCUT2D eigenvalue weighted by molar-refractivity contribution is 0.0846. The molecule has 1 aromatic heterocycles. The molecule has 0 saturated carbocycles. The molecule has 0 spiro atoms. The molecule has 0 bridgehead atoms. The van der Waals surface area contributed by atoms with Gasteiger partial charge in [-0.05, 0) is 74.6 Å². The second kappa shape index (κ2) is 9.79. The quantitative estimate of drug-likeness (QED) is 0.526. The SMILES string of the molecule is CCn1c(C)nc2cc(C(=O)NNC(=O)c3ccc(S(=O)(=O)N4CC(C)CC(C)C4)cc3)ccc21. The topological polar surface area (TPSA) is 113 Å². The molecular weight excluding hydrogens is 466 g/mol. The first-order valence-electron chi connectivity index (χ1n) is 11.8. The van der Waals surface area contributed by atoms with Gasteiger partial charge in [0.25, 0.3) is 11.8 Å². The molecule has 1 fully saturated rings. The van der Waals surface area contributed by atoms with Crippen LogP contribution in [0.2, 0.25) is 0 Å². The fourth-order valence-corrected chi connectivity index (χ4v) is 6.46. The fourth-order valence-electron chi connectivity index (χ4n) is 4.78. The van der Waals surface area contributed by atoms with Gasteiger partial charge >= 0.3 is 0 Å². The van der Waals surface area contributed by atoms with Crippen LogP contribution in [-0.2, 0) is 16.6 Å². The predicted molar refractivity (Wildman–Crippen MR) is 133 cm³/mol. The third-order valence-corrected chi connectivity index (χ3v) is 8.24. The zero-order valence-electron chi connectivity index (χ0n) is 20.4. The molecule has 4 rings (SSSR count). The average molecular weight is 498 g/mol. The van der Waals surface area contributed by atoms with Crippen LogP contribution in [0.1, 0.15) is 53.7 Å². The minimum absolute atomic E-state index is 0.148. The van der Waals surface area contributed by atoms with Crippen molar-refractivity contribution < 1.29 is 18.0 Å². The molecule has 9 nitrogen and oxygen atoms in total. The van der Waals surface area contributed by atoms with Gasteiger partial charge in [0.2, 0.25) is 10.0 Å². The first kappa shape index (κ1) is 24.9. The molecule has 2 amide bonds. The summed E-state index contributed by atoms with van der Waals surface area (Å²) < 4.78 is 29.6. The lowest BCUT2D eigenvalue weighted by Gasteiger charge is -2.34. The van der Waals surface area contributed by atoms with E-state index in [1.165, 1.54) is 28.6 Å². The third-order valence-electron chi connectivity index (χ3n) is 6.40. The smallest absolute Gasteiger partial charge is 0.269 e. The number of hydrazine groups is 1. The number of hydrogen-bond donors (Lipinski definition) is 2. The summed E-state index contributed by atoms with van der Waals surface area (Å²) in [5.74, 6) is 0.442. The van der Waals surface area contributed by atoms with Crippen LogP contribution in [0.5, 0.6) is 0 Å². The standard InChI is InChI=1S/C25H31N5O4S/c1-5-30-18(4)26-22-13-20(8-11-23(22)30)25(32)28-27-24(31)19-6-9-21(10-7-19)35(33,34)29-14-16(2)12-17(3)15-29/h6-11,13,16-17H,5,12,14-15H2,1-4H3,(H,27,31)(H,28,32). The van der Waals surface area contributed by atoms with Gasteiger partial charge in [-0.2, -0.15) is 4.31 Å². The van der Waals surface area contributed by atoms with Crippen LogP contribution in [0, 0.1) is 18.8 Å². The number of rotatable bonds is 5. The Balaban J connectivity index is 1.40. The molecule has 186 valence electrons. The maximum atomic E-state index is 13.0. The highest BCUT2D eigenvalue weighted by Crippen LogP contribution is 2.26. The number of piperidine rings is 1. The Hall–Kier alpha value is -3.24. The second-order valence-corrected chi connectivity index (χ2v) is 11.2. The van der Waals surface area contributed by atoms with Crippen LogP contribution >= 0.6 is 0 Å². The summed E-state index contributed by atoms with van der Waals surface area (Å²) >= 11 is 0. The van der Waals surface area contributed by atoms with Gasteiger partial charge in [-0.15, -0.1) is 0 Å². The van der Waals surface area contributed by atoms with Crippen molar-refractivity contribution in [3.8, 4) is 0 Å². The lowest BCUT2D eigenvalue weighted by Crippen LogP contribution is -2.42. The van der Waals surface area contributed by atoms with Gasteiger partial charge in [-0.3, -0.25) is 20.4 Å². The molecule has 1 aliphatic heterocycles. The predicted octanol–water partition coefficient (Wildman–Crippen LogP) is 3.11. The number of amides is 2. The van der Waals surface area contributed by atoms with Crippen molar-refractivity contribution in [1.82, 2.24) is 24.7 Å². The highest BCUT2D eigenvalue weighted by atomic mass is 32.2. The Morgan fingerprint density at radius 1 is 0.971 bits per heavy atom. The Kier molecular flexibility index (Phi) is 6.95. The number of hydrogen-bond acceptors (Lipinski definition) is 5. The maximum Gasteiger partial charge on any atom is 0.269 e. The van der Waals surface area contributed by atoms with Gasteiger partial charge in [-0.1, -0.05) is 13.8 Å². The van der Waals surface area contributed by atoms with E-state index in [9.17, 15) is 18.0 Å². The van der Waals surface area contributed by atoms with Crippen LogP contribution in [0.25, 0.3) is 11.0 Å². The van der Waals surface area contributed by atoms with Crippen molar-refractivity contribution in [2.75, 3.05) is 13.1 Å². The van der Waals surface area contributed by atoms with Crippen LogP contribution in [0.4, 0.5) is 0 Å². The summed E-state index contributed by atoms with van der Waals surface area (Å²) in [6.45, 7) is 9.80. The Morgan fingerprint density at radius 2 is 1.54 bits per heavy atom. The first-order valence-corrected chi connectivity index (χ1v) is 13.2. The van der Waals surface area contributed by atoms with Gasteiger partial charge in [0, 0.05) is 30.8 Å². The van der Waals surface area contributed by atoms with Gasteiger partial charge in [0.1, 0.15) is 5.82 Å². The molecule has 0 aliphatic carbocycles. The van der Waals surface area contributed by atoms with E-state index in [-0.39, 0.29) is 10.5 Å². The van der Waals surface area contributed by atoms with Crippen molar-refractivity contribution in [3.05, 3.63) is 59.4 Å². The van der Waals surface area contributed by atoms with E-state index in [0.29, 0.717) is 36.0 Å². The molecule has 2 N–H and O–H groups in total. The van der Waals surface area contributed by atoms with Crippen molar-refractivity contribution in [2.24, 2.45) is 11.8 Å². The van der Waals surface area contributed by atoms with Gasteiger partial charge < -0.3 is 4.57 Å². The van der Waals surface area contributed by atoms with Gasteiger partial charge in [-0.25, -0.2) is 13.4 Å². The van der Waals surface area contributed by atoms with Crippen molar-refractivity contribution in [2.45, 2.75) is 45.6 Å². The summed E-state index contributed by atoms with van der Waals surface area (Å²) in [5, 5.41) is 0. The minimum atomic E-state index is -3.63. The fraction of sp³-hybridized carbons (Fsp3) is 0.400. The summed E-state index contributed by atoms with van der Waals surface area (Å²) in [6, 6.07) is 10.9. The Labute approximate surface area is 205 Å². The maximum absolute atomic E-state index is 13.0. The van der Waals surface area contributed by atoms with Crippen molar-refractivity contribution in [3.63, 3.8) is 0 Å². The molecule has 1 saturated heterocycles. The highest BCUT2D eigenvalue weighted by Gasteiger charge is 2.31. The summed E-state index contributed by atoms with van der Waals surface area (Å²) in [7, 11) is -3.63. The number of nitrogens with zero attached hydrogens (tertiary/aromatic N) is 3. The van der Waals surface area contributed by atoms with E-state index in [0.717, 1.165) is 24.3 Å². The van der Waals surface area contributed by atoms with E-state index in [2.05, 4.69) is 34.3 Å². The summed E-state index contributed by atoms with van der Waals surface area (Å²) in [5.41, 5.74) is 7.03. The molecule has 2 heterocycles. The molecule has 2 atom stereocenters. The molecule has 10 heteroatoms. The summed E-state index contributed by atoms with van der Waals surface area (Å²) in [6.07, 6.45) is 1.01. The van der Waals surface area contributed by atoms with E-state index in [1.807, 2.05) is 19.9 Å². The van der Waals surface area contributed by atoms with Gasteiger partial charge in [0.05, 0.1) is 15.9 Å². The average Bonchev–Trinajstić information content (AvgIpc) is 3.15. The molecule has 0 radical (unpaired) electrons. The number of nitrogens with one attached hydrogen (secondary N) is 2. The monoisotopic (exact) mass is 497 g/mol. The number of aromatic nitrogens is 2. The lowest BCUT2D eigenvalue weighted by atomic mass is 9.94. The molecule has 3 aromatic rings.